The highest BCUT2D eigenvalue weighted by atomic mass is 32.1. The molecule has 0 aliphatic heterocycles. The third kappa shape index (κ3) is 2.29. The van der Waals surface area contributed by atoms with E-state index in [9.17, 15) is 4.79 Å². The van der Waals surface area contributed by atoms with Crippen LogP contribution in [0.2, 0.25) is 0 Å². The van der Waals surface area contributed by atoms with E-state index in [0.717, 1.165) is 11.1 Å². The van der Waals surface area contributed by atoms with E-state index in [0.29, 0.717) is 10.4 Å². The lowest BCUT2D eigenvalue weighted by Gasteiger charge is -2.07. The minimum Gasteiger partial charge on any atom is -0.497 e. The van der Waals surface area contributed by atoms with Crippen LogP contribution in [0.25, 0.3) is 10.8 Å². The van der Waals surface area contributed by atoms with Crippen molar-refractivity contribution in [1.29, 1.82) is 0 Å². The van der Waals surface area contributed by atoms with Crippen molar-refractivity contribution < 1.29 is 4.74 Å². The van der Waals surface area contributed by atoms with Gasteiger partial charge < -0.3 is 15.0 Å². The van der Waals surface area contributed by atoms with Crippen LogP contribution in [0.4, 0.5) is 0 Å². The smallest absolute Gasteiger partial charge is 0.258 e. The minimum atomic E-state index is -0.0991. The standard InChI is InChI=1S/C12H12N2O2S/c1-16-9-2-3-10-8(6-9)4-5-14(12(10)15)7-11(13)17/h2-6H,7H2,1H3,(H2,13,17). The molecule has 0 fully saturated rings. The molecule has 2 rings (SSSR count). The van der Waals surface area contributed by atoms with E-state index in [1.54, 1.807) is 25.4 Å². The van der Waals surface area contributed by atoms with Crippen LogP contribution in [-0.2, 0) is 6.54 Å². The molecule has 4 nitrogen and oxygen atoms in total. The maximum Gasteiger partial charge on any atom is 0.258 e. The molecule has 2 aromatic rings. The Labute approximate surface area is 104 Å². The summed E-state index contributed by atoms with van der Waals surface area (Å²) in [5.74, 6) is 0.726. The number of pyridine rings is 1. The van der Waals surface area contributed by atoms with E-state index in [-0.39, 0.29) is 12.1 Å². The van der Waals surface area contributed by atoms with E-state index in [4.69, 9.17) is 22.7 Å². The molecule has 0 saturated carbocycles. The van der Waals surface area contributed by atoms with Gasteiger partial charge in [-0.15, -0.1) is 0 Å². The molecule has 2 N–H and O–H groups in total. The van der Waals surface area contributed by atoms with E-state index in [1.807, 2.05) is 12.1 Å². The van der Waals surface area contributed by atoms with Gasteiger partial charge in [-0.1, -0.05) is 12.2 Å². The Morgan fingerprint density at radius 1 is 1.47 bits per heavy atom. The summed E-state index contributed by atoms with van der Waals surface area (Å²) in [7, 11) is 1.59. The monoisotopic (exact) mass is 248 g/mol. The van der Waals surface area contributed by atoms with Crippen LogP contribution < -0.4 is 16.0 Å². The van der Waals surface area contributed by atoms with Crippen molar-refractivity contribution in [3.8, 4) is 5.75 Å². The predicted octanol–water partition coefficient (Wildman–Crippen LogP) is 1.30. The quantitative estimate of drug-likeness (QED) is 0.832. The van der Waals surface area contributed by atoms with Crippen molar-refractivity contribution in [3.63, 3.8) is 0 Å². The number of fused-ring (bicyclic) bond motifs is 1. The zero-order valence-corrected chi connectivity index (χ0v) is 10.2. The third-order valence-electron chi connectivity index (χ3n) is 2.51. The molecular weight excluding hydrogens is 236 g/mol. The minimum absolute atomic E-state index is 0.0991. The number of nitrogens with zero attached hydrogens (tertiary/aromatic N) is 1. The van der Waals surface area contributed by atoms with Crippen molar-refractivity contribution in [2.24, 2.45) is 5.73 Å². The highest BCUT2D eigenvalue weighted by Crippen LogP contribution is 2.17. The van der Waals surface area contributed by atoms with E-state index in [1.165, 1.54) is 4.57 Å². The Morgan fingerprint density at radius 3 is 2.88 bits per heavy atom. The van der Waals surface area contributed by atoms with Gasteiger partial charge in [-0.05, 0) is 29.7 Å². The number of benzene rings is 1. The van der Waals surface area contributed by atoms with Gasteiger partial charge in [0.15, 0.2) is 0 Å². The molecule has 88 valence electrons. The summed E-state index contributed by atoms with van der Waals surface area (Å²) in [6.07, 6.45) is 1.68. The summed E-state index contributed by atoms with van der Waals surface area (Å²) in [6, 6.07) is 7.17. The second-order valence-corrected chi connectivity index (χ2v) is 4.19. The first kappa shape index (κ1) is 11.6. The van der Waals surface area contributed by atoms with Crippen LogP contribution in [0.5, 0.6) is 5.75 Å². The summed E-state index contributed by atoms with van der Waals surface area (Å²) in [4.78, 5) is 12.4. The highest BCUT2D eigenvalue weighted by Gasteiger charge is 2.04. The van der Waals surface area contributed by atoms with Gasteiger partial charge in [0.2, 0.25) is 0 Å². The van der Waals surface area contributed by atoms with Gasteiger partial charge in [-0.3, -0.25) is 4.79 Å². The van der Waals surface area contributed by atoms with Crippen LogP contribution in [0.1, 0.15) is 0 Å². The lowest BCUT2D eigenvalue weighted by molar-refractivity contribution is 0.415. The third-order valence-corrected chi connectivity index (χ3v) is 2.64. The first-order valence-electron chi connectivity index (χ1n) is 5.07. The number of hydrogen-bond donors (Lipinski definition) is 1. The van der Waals surface area contributed by atoms with Crippen molar-refractivity contribution >= 4 is 28.0 Å². The van der Waals surface area contributed by atoms with E-state index in [2.05, 4.69) is 0 Å². The molecule has 5 heteroatoms. The lowest BCUT2D eigenvalue weighted by atomic mass is 10.1. The number of methoxy groups -OCH3 is 1. The van der Waals surface area contributed by atoms with Gasteiger partial charge in [0, 0.05) is 11.6 Å². The average molecular weight is 248 g/mol. The predicted molar refractivity (Wildman–Crippen MR) is 71.5 cm³/mol. The van der Waals surface area contributed by atoms with Crippen molar-refractivity contribution in [1.82, 2.24) is 4.57 Å². The van der Waals surface area contributed by atoms with Gasteiger partial charge >= 0.3 is 0 Å². The molecule has 0 amide bonds. The number of ether oxygens (including phenoxy) is 1. The zero-order chi connectivity index (χ0) is 12.4. The van der Waals surface area contributed by atoms with E-state index < -0.39 is 0 Å². The highest BCUT2D eigenvalue weighted by molar-refractivity contribution is 7.80. The Kier molecular flexibility index (Phi) is 3.10. The molecule has 1 aromatic heterocycles. The Morgan fingerprint density at radius 2 is 2.24 bits per heavy atom. The van der Waals surface area contributed by atoms with Crippen molar-refractivity contribution in [3.05, 3.63) is 40.8 Å². The molecule has 0 atom stereocenters. The molecule has 0 aliphatic rings. The molecule has 0 aliphatic carbocycles. The number of nitrogens with two attached hydrogens (primary N) is 1. The maximum atomic E-state index is 12.1. The number of thiocarbonyl (C=S) groups is 1. The Hall–Kier alpha value is -1.88. The fourth-order valence-electron chi connectivity index (χ4n) is 1.69. The maximum absolute atomic E-state index is 12.1. The van der Waals surface area contributed by atoms with Crippen LogP contribution in [0.15, 0.2) is 35.3 Å². The molecule has 0 unspecified atom stereocenters. The normalized spacial score (nSPS) is 10.4. The molecule has 0 spiro atoms. The Balaban J connectivity index is 2.60. The largest absolute Gasteiger partial charge is 0.497 e. The van der Waals surface area contributed by atoms with Crippen LogP contribution in [0.3, 0.4) is 0 Å². The van der Waals surface area contributed by atoms with Crippen molar-refractivity contribution in [2.45, 2.75) is 6.54 Å². The second kappa shape index (κ2) is 4.55. The molecule has 1 aromatic carbocycles. The van der Waals surface area contributed by atoms with Gasteiger partial charge in [-0.25, -0.2) is 0 Å². The number of rotatable bonds is 3. The summed E-state index contributed by atoms with van der Waals surface area (Å²) in [6.45, 7) is 0.260. The van der Waals surface area contributed by atoms with Crippen molar-refractivity contribution in [2.75, 3.05) is 7.11 Å². The van der Waals surface area contributed by atoms with E-state index >= 15 is 0 Å². The number of aromatic nitrogens is 1. The van der Waals surface area contributed by atoms with Crippen LogP contribution >= 0.6 is 12.2 Å². The first-order chi connectivity index (χ1) is 8.11. The average Bonchev–Trinajstić information content (AvgIpc) is 2.32. The lowest BCUT2D eigenvalue weighted by Crippen LogP contribution is -2.26. The summed E-state index contributed by atoms with van der Waals surface area (Å²) < 4.78 is 6.60. The van der Waals surface area contributed by atoms with Gasteiger partial charge in [0.25, 0.3) is 5.56 Å². The molecule has 0 saturated heterocycles. The second-order valence-electron chi connectivity index (χ2n) is 3.67. The molecular formula is C12H12N2O2S. The molecule has 0 bridgehead atoms. The molecule has 1 heterocycles. The SMILES string of the molecule is COc1ccc2c(=O)n(CC(N)=S)ccc2c1. The zero-order valence-electron chi connectivity index (χ0n) is 9.34. The van der Waals surface area contributed by atoms with Crippen LogP contribution in [-0.4, -0.2) is 16.7 Å². The number of hydrogen-bond acceptors (Lipinski definition) is 3. The molecule has 0 radical (unpaired) electrons. The van der Waals surface area contributed by atoms with Crippen LogP contribution in [0, 0.1) is 0 Å². The van der Waals surface area contributed by atoms with Gasteiger partial charge in [-0.2, -0.15) is 0 Å². The first-order valence-corrected chi connectivity index (χ1v) is 5.48. The topological polar surface area (TPSA) is 57.2 Å². The van der Waals surface area contributed by atoms with Gasteiger partial charge in [0.05, 0.1) is 18.6 Å². The fraction of sp³-hybridized carbons (Fsp3) is 0.167. The summed E-state index contributed by atoms with van der Waals surface area (Å²) in [5, 5.41) is 1.47. The molecule has 17 heavy (non-hydrogen) atoms. The Bertz CT molecular complexity index is 634. The summed E-state index contributed by atoms with van der Waals surface area (Å²) >= 11 is 4.80. The summed E-state index contributed by atoms with van der Waals surface area (Å²) in [5.41, 5.74) is 5.34. The fourth-order valence-corrected chi connectivity index (χ4v) is 1.82. The van der Waals surface area contributed by atoms with Gasteiger partial charge in [0.1, 0.15) is 5.75 Å².